The summed E-state index contributed by atoms with van der Waals surface area (Å²) in [5, 5.41) is 5.22. The molecule has 1 aromatic heterocycles. The van der Waals surface area contributed by atoms with Crippen LogP contribution in [0.2, 0.25) is 0 Å². The number of carbonyl (C=O) groups excluding carboxylic acids is 3. The van der Waals surface area contributed by atoms with Crippen molar-refractivity contribution in [1.82, 2.24) is 25.4 Å². The van der Waals surface area contributed by atoms with Crippen LogP contribution >= 0.6 is 11.3 Å². The number of H-pyrrole nitrogens is 1. The summed E-state index contributed by atoms with van der Waals surface area (Å²) in [5.41, 5.74) is 1.28. The lowest BCUT2D eigenvalue weighted by Crippen LogP contribution is -2.55. The molecule has 9 nitrogen and oxygen atoms in total. The van der Waals surface area contributed by atoms with Crippen molar-refractivity contribution in [1.29, 1.82) is 0 Å². The molecule has 2 aromatic rings. The van der Waals surface area contributed by atoms with Crippen LogP contribution in [0, 0.1) is 0 Å². The number of thiazole rings is 1. The highest BCUT2D eigenvalue weighted by Gasteiger charge is 2.48. The molecule has 0 aliphatic carbocycles. The van der Waals surface area contributed by atoms with E-state index in [2.05, 4.69) is 15.6 Å². The van der Waals surface area contributed by atoms with Crippen molar-refractivity contribution in [2.75, 3.05) is 19.6 Å². The normalized spacial score (nSPS) is 26.5. The topological polar surface area (TPSA) is 115 Å². The number of aromatic amines is 1. The molecule has 5 rings (SSSR count). The molecule has 4 amide bonds. The van der Waals surface area contributed by atoms with Crippen molar-refractivity contribution in [3.05, 3.63) is 33.4 Å². The van der Waals surface area contributed by atoms with Crippen LogP contribution in [-0.2, 0) is 4.79 Å². The van der Waals surface area contributed by atoms with E-state index in [1.807, 2.05) is 4.90 Å². The molecule has 3 fully saturated rings. The third-order valence-electron chi connectivity index (χ3n) is 5.52. The van der Waals surface area contributed by atoms with Gasteiger partial charge >= 0.3 is 10.9 Å². The molecule has 0 radical (unpaired) electrons. The fourth-order valence-electron chi connectivity index (χ4n) is 4.23. The minimum absolute atomic E-state index is 0.0165. The molecule has 3 atom stereocenters. The van der Waals surface area contributed by atoms with E-state index in [9.17, 15) is 19.2 Å². The van der Waals surface area contributed by atoms with Gasteiger partial charge in [0.2, 0.25) is 5.91 Å². The minimum atomic E-state index is -0.528. The van der Waals surface area contributed by atoms with Gasteiger partial charge in [-0.3, -0.25) is 14.4 Å². The van der Waals surface area contributed by atoms with Gasteiger partial charge in [-0.05, 0) is 24.6 Å². The minimum Gasteiger partial charge on any atom is -0.336 e. The van der Waals surface area contributed by atoms with Gasteiger partial charge in [0.25, 0.3) is 5.91 Å². The first-order valence-corrected chi connectivity index (χ1v) is 9.60. The average Bonchev–Trinajstić information content (AvgIpc) is 3.41. The zero-order chi connectivity index (χ0) is 18.7. The maximum absolute atomic E-state index is 12.9. The van der Waals surface area contributed by atoms with Crippen LogP contribution in [0.15, 0.2) is 23.0 Å². The van der Waals surface area contributed by atoms with Gasteiger partial charge in [-0.25, -0.2) is 4.79 Å². The van der Waals surface area contributed by atoms with Gasteiger partial charge in [-0.1, -0.05) is 11.3 Å². The second-order valence-electron chi connectivity index (χ2n) is 7.12. The lowest BCUT2D eigenvalue weighted by Gasteiger charge is -2.35. The SMILES string of the molecule is O=C1NC[C@@H](C(=O)N2C[C@@H]3C[C@H]2CN3C(=O)c2ccc3[nH]c(=O)sc3c2)N1. The highest BCUT2D eigenvalue weighted by molar-refractivity contribution is 7.16. The van der Waals surface area contributed by atoms with Crippen LogP contribution < -0.4 is 15.5 Å². The number of carbonyl (C=O) groups is 3. The number of hydrogen-bond acceptors (Lipinski definition) is 5. The lowest BCUT2D eigenvalue weighted by atomic mass is 10.1. The third-order valence-corrected chi connectivity index (χ3v) is 6.37. The van der Waals surface area contributed by atoms with Gasteiger partial charge in [0.15, 0.2) is 0 Å². The van der Waals surface area contributed by atoms with E-state index in [1.165, 1.54) is 0 Å². The predicted octanol–water partition coefficient (Wildman–Crippen LogP) is -0.304. The molecule has 3 aliphatic heterocycles. The fraction of sp³-hybridized carbons (Fsp3) is 0.412. The molecule has 3 saturated heterocycles. The first kappa shape index (κ1) is 16.3. The second-order valence-corrected chi connectivity index (χ2v) is 8.14. The Morgan fingerprint density at radius 2 is 1.89 bits per heavy atom. The van der Waals surface area contributed by atoms with Crippen molar-refractivity contribution in [2.45, 2.75) is 24.5 Å². The number of urea groups is 1. The molecule has 140 valence electrons. The Kier molecular flexibility index (Phi) is 3.51. The Morgan fingerprint density at radius 3 is 2.59 bits per heavy atom. The van der Waals surface area contributed by atoms with E-state index in [0.717, 1.165) is 28.0 Å². The summed E-state index contributed by atoms with van der Waals surface area (Å²) in [6, 6.07) is 4.34. The zero-order valence-electron chi connectivity index (χ0n) is 14.2. The summed E-state index contributed by atoms with van der Waals surface area (Å²) in [5.74, 6) is -0.167. The number of likely N-dealkylation sites (tertiary alicyclic amines) is 2. The van der Waals surface area contributed by atoms with Crippen LogP contribution in [0.25, 0.3) is 10.2 Å². The van der Waals surface area contributed by atoms with Crippen molar-refractivity contribution in [3.63, 3.8) is 0 Å². The van der Waals surface area contributed by atoms with Crippen molar-refractivity contribution in [3.8, 4) is 0 Å². The monoisotopic (exact) mass is 387 g/mol. The molecule has 10 heteroatoms. The summed E-state index contributed by atoms with van der Waals surface area (Å²) >= 11 is 1.09. The molecule has 3 aliphatic rings. The number of fused-ring (bicyclic) bond motifs is 3. The maximum atomic E-state index is 12.9. The molecular weight excluding hydrogens is 370 g/mol. The van der Waals surface area contributed by atoms with E-state index in [-0.39, 0.29) is 34.8 Å². The first-order chi connectivity index (χ1) is 13.0. The van der Waals surface area contributed by atoms with Crippen molar-refractivity contribution < 1.29 is 14.4 Å². The molecule has 27 heavy (non-hydrogen) atoms. The largest absolute Gasteiger partial charge is 0.336 e. The molecule has 3 N–H and O–H groups in total. The predicted molar refractivity (Wildman–Crippen MR) is 97.7 cm³/mol. The average molecular weight is 387 g/mol. The number of rotatable bonds is 2. The molecule has 1 aromatic carbocycles. The van der Waals surface area contributed by atoms with Gasteiger partial charge in [-0.2, -0.15) is 0 Å². The first-order valence-electron chi connectivity index (χ1n) is 8.78. The second kappa shape index (κ2) is 5.81. The van der Waals surface area contributed by atoms with Crippen LogP contribution in [-0.4, -0.2) is 70.4 Å². The van der Waals surface area contributed by atoms with Crippen molar-refractivity contribution in [2.24, 2.45) is 0 Å². The summed E-state index contributed by atoms with van der Waals surface area (Å²) in [7, 11) is 0. The molecule has 4 heterocycles. The Morgan fingerprint density at radius 1 is 1.11 bits per heavy atom. The van der Waals surface area contributed by atoms with Crippen LogP contribution in [0.4, 0.5) is 4.79 Å². The maximum Gasteiger partial charge on any atom is 0.315 e. The van der Waals surface area contributed by atoms with E-state index in [1.54, 1.807) is 23.1 Å². The standard InChI is InChI=1S/C17H17N5O4S/c23-14(8-1-2-11-13(3-8)27-17(26)20-11)21-6-10-4-9(21)7-22(10)15(24)12-5-18-16(25)19-12/h1-3,9-10,12H,4-7H2,(H,20,26)(H2,18,19,25)/t9-,10-,12-/m0/s1. The van der Waals surface area contributed by atoms with Crippen LogP contribution in [0.1, 0.15) is 16.8 Å². The third kappa shape index (κ3) is 2.59. The Balaban J connectivity index is 1.31. The summed E-state index contributed by atoms with van der Waals surface area (Å²) in [4.78, 5) is 54.5. The lowest BCUT2D eigenvalue weighted by molar-refractivity contribution is -0.134. The number of nitrogens with zero attached hydrogens (tertiary/aromatic N) is 2. The molecule has 2 bridgehead atoms. The Bertz CT molecular complexity index is 1030. The summed E-state index contributed by atoms with van der Waals surface area (Å²) in [6.07, 6.45) is 0.755. The summed E-state index contributed by atoms with van der Waals surface area (Å²) < 4.78 is 0.761. The molecule has 0 saturated carbocycles. The number of aromatic nitrogens is 1. The van der Waals surface area contributed by atoms with Gasteiger partial charge in [0, 0.05) is 25.2 Å². The number of piperazine rings is 1. The van der Waals surface area contributed by atoms with E-state index < -0.39 is 6.04 Å². The number of amides is 4. The summed E-state index contributed by atoms with van der Waals surface area (Å²) in [6.45, 7) is 1.28. The Labute approximate surface area is 157 Å². The molecule has 0 spiro atoms. The Hall–Kier alpha value is -2.88. The van der Waals surface area contributed by atoms with Gasteiger partial charge in [-0.15, -0.1) is 0 Å². The van der Waals surface area contributed by atoms with E-state index in [0.29, 0.717) is 25.2 Å². The highest BCUT2D eigenvalue weighted by atomic mass is 32.1. The molecular formula is C17H17N5O4S. The van der Waals surface area contributed by atoms with Gasteiger partial charge < -0.3 is 25.4 Å². The van der Waals surface area contributed by atoms with Crippen molar-refractivity contribution >= 4 is 39.4 Å². The van der Waals surface area contributed by atoms with Crippen LogP contribution in [0.5, 0.6) is 0 Å². The van der Waals surface area contributed by atoms with Gasteiger partial charge in [0.05, 0.1) is 22.3 Å². The quantitative estimate of drug-likeness (QED) is 0.656. The fourth-order valence-corrected chi connectivity index (χ4v) is 5.01. The molecule has 0 unspecified atom stereocenters. The van der Waals surface area contributed by atoms with Crippen LogP contribution in [0.3, 0.4) is 0 Å². The number of nitrogens with one attached hydrogen (secondary N) is 3. The number of hydrogen-bond donors (Lipinski definition) is 3. The smallest absolute Gasteiger partial charge is 0.315 e. The van der Waals surface area contributed by atoms with E-state index in [4.69, 9.17) is 0 Å². The highest BCUT2D eigenvalue weighted by Crippen LogP contribution is 2.32. The number of benzene rings is 1. The zero-order valence-corrected chi connectivity index (χ0v) is 15.0. The van der Waals surface area contributed by atoms with Gasteiger partial charge in [0.1, 0.15) is 6.04 Å². The van der Waals surface area contributed by atoms with E-state index >= 15 is 0 Å².